The maximum absolute atomic E-state index is 11.9. The van der Waals surface area contributed by atoms with Gasteiger partial charge in [-0.25, -0.2) is 4.98 Å². The van der Waals surface area contributed by atoms with Crippen LogP contribution in [0.25, 0.3) is 0 Å². The van der Waals surface area contributed by atoms with Crippen LogP contribution in [0.1, 0.15) is 53.6 Å². The van der Waals surface area contributed by atoms with Crippen molar-refractivity contribution in [2.24, 2.45) is 0 Å². The molecule has 6 heteroatoms. The van der Waals surface area contributed by atoms with Crippen LogP contribution in [0.5, 0.6) is 0 Å². The number of rotatable bonds is 5. The number of hydrogen-bond donors (Lipinski definition) is 2. The Bertz CT molecular complexity index is 558. The summed E-state index contributed by atoms with van der Waals surface area (Å²) in [5, 5.41) is 11.6. The molecule has 19 heavy (non-hydrogen) atoms. The first-order valence-corrected chi connectivity index (χ1v) is 7.25. The third kappa shape index (κ3) is 3.20. The molecule has 5 nitrogen and oxygen atoms in total. The molecule has 2 aromatic rings. The lowest BCUT2D eigenvalue weighted by Gasteiger charge is -2.02. The minimum absolute atomic E-state index is 0.207. The summed E-state index contributed by atoms with van der Waals surface area (Å²) in [5.74, 6) is 0.936. The van der Waals surface area contributed by atoms with Gasteiger partial charge < -0.3 is 5.32 Å². The molecule has 2 heterocycles. The zero-order chi connectivity index (χ0) is 13.8. The molecule has 0 atom stereocenters. The summed E-state index contributed by atoms with van der Waals surface area (Å²) in [4.78, 5) is 17.3. The average Bonchev–Trinajstić information content (AvgIpc) is 3.04. The van der Waals surface area contributed by atoms with Crippen molar-refractivity contribution in [3.05, 3.63) is 33.5 Å². The van der Waals surface area contributed by atoms with E-state index in [2.05, 4.69) is 33.5 Å². The minimum atomic E-state index is -0.237. The molecular formula is C13H18N4OS. The molecule has 0 fully saturated rings. The van der Waals surface area contributed by atoms with Gasteiger partial charge in [-0.1, -0.05) is 20.8 Å². The lowest BCUT2D eigenvalue weighted by molar-refractivity contribution is 0.0941. The van der Waals surface area contributed by atoms with Crippen LogP contribution in [-0.4, -0.2) is 21.1 Å². The molecule has 0 spiro atoms. The molecule has 0 bridgehead atoms. The van der Waals surface area contributed by atoms with E-state index in [-0.39, 0.29) is 17.6 Å². The molecule has 2 N–H and O–H groups in total. The van der Waals surface area contributed by atoms with Crippen LogP contribution in [0.15, 0.2) is 11.4 Å². The molecule has 0 aliphatic carbocycles. The van der Waals surface area contributed by atoms with Crippen LogP contribution in [0, 0.1) is 0 Å². The van der Waals surface area contributed by atoms with Gasteiger partial charge >= 0.3 is 0 Å². The van der Waals surface area contributed by atoms with E-state index in [0.29, 0.717) is 6.54 Å². The number of carbonyl (C=O) groups is 1. The first-order valence-electron chi connectivity index (χ1n) is 6.37. The van der Waals surface area contributed by atoms with Gasteiger partial charge in [0.25, 0.3) is 5.91 Å². The molecule has 0 aliphatic heterocycles. The van der Waals surface area contributed by atoms with Crippen molar-refractivity contribution in [1.82, 2.24) is 20.5 Å². The van der Waals surface area contributed by atoms with Crippen molar-refractivity contribution in [2.45, 2.75) is 39.7 Å². The summed E-state index contributed by atoms with van der Waals surface area (Å²) in [6.45, 7) is 6.64. The fourth-order valence-electron chi connectivity index (χ4n) is 1.71. The number of aryl methyl sites for hydroxylation is 1. The number of carbonyl (C=O) groups excluding carboxylic acids is 1. The van der Waals surface area contributed by atoms with Gasteiger partial charge in [0.1, 0.15) is 5.82 Å². The molecular weight excluding hydrogens is 260 g/mol. The van der Waals surface area contributed by atoms with Gasteiger partial charge in [-0.2, -0.15) is 0 Å². The molecule has 0 radical (unpaired) electrons. The third-order valence-corrected chi connectivity index (χ3v) is 3.84. The predicted octanol–water partition coefficient (Wildman–Crippen LogP) is 2.48. The highest BCUT2D eigenvalue weighted by atomic mass is 32.1. The first kappa shape index (κ1) is 13.7. The smallest absolute Gasteiger partial charge is 0.291 e. The van der Waals surface area contributed by atoms with E-state index in [0.717, 1.165) is 12.2 Å². The second-order valence-corrected chi connectivity index (χ2v) is 5.60. The van der Waals surface area contributed by atoms with E-state index in [1.807, 2.05) is 19.2 Å². The van der Waals surface area contributed by atoms with Crippen molar-refractivity contribution < 1.29 is 4.79 Å². The predicted molar refractivity (Wildman–Crippen MR) is 75.3 cm³/mol. The van der Waals surface area contributed by atoms with Crippen molar-refractivity contribution in [3.63, 3.8) is 0 Å². The average molecular weight is 278 g/mol. The standard InChI is InChI=1S/C13H18N4OS/c1-4-9-5-6-19-10(9)7-14-13(18)12-15-11(8(2)3)16-17-12/h5-6,8H,4,7H2,1-3H3,(H,14,18)(H,15,16,17). The van der Waals surface area contributed by atoms with E-state index in [4.69, 9.17) is 0 Å². The fourth-order valence-corrected chi connectivity index (χ4v) is 2.63. The first-order chi connectivity index (χ1) is 9.11. The summed E-state index contributed by atoms with van der Waals surface area (Å²) in [7, 11) is 0. The Morgan fingerprint density at radius 2 is 2.32 bits per heavy atom. The number of hydrogen-bond acceptors (Lipinski definition) is 4. The van der Waals surface area contributed by atoms with Crippen molar-refractivity contribution >= 4 is 17.2 Å². The zero-order valence-electron chi connectivity index (χ0n) is 11.4. The zero-order valence-corrected chi connectivity index (χ0v) is 12.2. The van der Waals surface area contributed by atoms with Crippen LogP contribution in [0.4, 0.5) is 0 Å². The number of thiophene rings is 1. The summed E-state index contributed by atoms with van der Waals surface area (Å²) in [6.07, 6.45) is 0.979. The highest BCUT2D eigenvalue weighted by molar-refractivity contribution is 7.10. The Morgan fingerprint density at radius 1 is 1.53 bits per heavy atom. The Hall–Kier alpha value is -1.69. The van der Waals surface area contributed by atoms with Gasteiger partial charge in [0.05, 0.1) is 6.54 Å². The van der Waals surface area contributed by atoms with Gasteiger partial charge in [-0.3, -0.25) is 9.89 Å². The molecule has 0 saturated carbocycles. The van der Waals surface area contributed by atoms with Crippen molar-refractivity contribution in [2.75, 3.05) is 0 Å². The van der Waals surface area contributed by atoms with Crippen molar-refractivity contribution in [3.8, 4) is 0 Å². The molecule has 0 aromatic carbocycles. The van der Waals surface area contributed by atoms with Crippen LogP contribution >= 0.6 is 11.3 Å². The SMILES string of the molecule is CCc1ccsc1CNC(=O)c1n[nH]c(C(C)C)n1. The summed E-state index contributed by atoms with van der Waals surface area (Å²) < 4.78 is 0. The Balaban J connectivity index is 1.97. The molecule has 0 unspecified atom stereocenters. The highest BCUT2D eigenvalue weighted by Crippen LogP contribution is 2.17. The van der Waals surface area contributed by atoms with Gasteiger partial charge in [0.2, 0.25) is 5.82 Å². The number of nitrogens with zero attached hydrogens (tertiary/aromatic N) is 2. The van der Waals surface area contributed by atoms with Gasteiger partial charge in [0.15, 0.2) is 0 Å². The Morgan fingerprint density at radius 3 is 2.95 bits per heavy atom. The molecule has 1 amide bonds. The van der Waals surface area contributed by atoms with Crippen molar-refractivity contribution in [1.29, 1.82) is 0 Å². The number of nitrogens with one attached hydrogen (secondary N) is 2. The number of aromatic nitrogens is 3. The van der Waals surface area contributed by atoms with Gasteiger partial charge in [-0.15, -0.1) is 16.4 Å². The normalized spacial score (nSPS) is 10.9. The molecule has 2 rings (SSSR count). The van der Waals surface area contributed by atoms with E-state index in [9.17, 15) is 4.79 Å². The maximum Gasteiger partial charge on any atom is 0.291 e. The van der Waals surface area contributed by atoms with E-state index >= 15 is 0 Å². The van der Waals surface area contributed by atoms with Gasteiger partial charge in [-0.05, 0) is 23.4 Å². The second-order valence-electron chi connectivity index (χ2n) is 4.60. The topological polar surface area (TPSA) is 70.7 Å². The van der Waals surface area contributed by atoms with Crippen LogP contribution in [0.2, 0.25) is 0 Å². The van der Waals surface area contributed by atoms with Crippen LogP contribution in [0.3, 0.4) is 0 Å². The Kier molecular flexibility index (Phi) is 4.31. The van der Waals surface area contributed by atoms with Gasteiger partial charge in [0, 0.05) is 10.8 Å². The largest absolute Gasteiger partial charge is 0.344 e. The molecule has 2 aromatic heterocycles. The summed E-state index contributed by atoms with van der Waals surface area (Å²) in [6, 6.07) is 2.09. The van der Waals surface area contributed by atoms with Crippen LogP contribution < -0.4 is 5.32 Å². The number of H-pyrrole nitrogens is 1. The molecule has 0 aliphatic rings. The fraction of sp³-hybridized carbons (Fsp3) is 0.462. The molecule has 102 valence electrons. The van der Waals surface area contributed by atoms with E-state index in [1.165, 1.54) is 10.4 Å². The number of amides is 1. The lowest BCUT2D eigenvalue weighted by Crippen LogP contribution is -2.24. The maximum atomic E-state index is 11.9. The summed E-state index contributed by atoms with van der Waals surface area (Å²) >= 11 is 1.66. The van der Waals surface area contributed by atoms with Crippen LogP contribution in [-0.2, 0) is 13.0 Å². The molecule has 0 saturated heterocycles. The summed E-state index contributed by atoms with van der Waals surface area (Å²) in [5.41, 5.74) is 1.28. The Labute approximate surface area is 116 Å². The van der Waals surface area contributed by atoms with E-state index in [1.54, 1.807) is 11.3 Å². The third-order valence-electron chi connectivity index (χ3n) is 2.88. The minimum Gasteiger partial charge on any atom is -0.344 e. The second kappa shape index (κ2) is 5.97. The quantitative estimate of drug-likeness (QED) is 0.882. The monoisotopic (exact) mass is 278 g/mol. The number of aromatic amines is 1. The van der Waals surface area contributed by atoms with E-state index < -0.39 is 0 Å². The highest BCUT2D eigenvalue weighted by Gasteiger charge is 2.14. The lowest BCUT2D eigenvalue weighted by atomic mass is 10.2.